The van der Waals surface area contributed by atoms with Crippen LogP contribution in [0.1, 0.15) is 71.9 Å². The molecule has 1 N–H and O–H groups in total. The molecule has 4 aliphatic carbocycles. The summed E-state index contributed by atoms with van der Waals surface area (Å²) in [4.78, 5) is 24.2. The Kier molecular flexibility index (Phi) is 5.81. The third-order valence-corrected chi connectivity index (χ3v) is 8.31. The molecule has 0 radical (unpaired) electrons. The maximum atomic E-state index is 12.1. The molecule has 2 aromatic rings. The maximum Gasteiger partial charge on any atom is 0.337 e. The highest BCUT2D eigenvalue weighted by molar-refractivity contribution is 5.97. The van der Waals surface area contributed by atoms with E-state index in [2.05, 4.69) is 12.2 Å². The van der Waals surface area contributed by atoms with E-state index in [1.54, 1.807) is 12.1 Å². The van der Waals surface area contributed by atoms with E-state index in [9.17, 15) is 9.59 Å². The van der Waals surface area contributed by atoms with Crippen molar-refractivity contribution in [2.75, 3.05) is 14.2 Å². The van der Waals surface area contributed by atoms with E-state index in [0.717, 1.165) is 23.5 Å². The fraction of sp³-hybridized carbons (Fsp3) is 0.556. The molecule has 0 spiro atoms. The first-order chi connectivity index (χ1) is 15.9. The van der Waals surface area contributed by atoms with E-state index >= 15 is 0 Å². The zero-order valence-corrected chi connectivity index (χ0v) is 19.7. The van der Waals surface area contributed by atoms with Crippen LogP contribution < -0.4 is 5.32 Å². The average molecular weight is 452 g/mol. The molecule has 4 aliphatic rings. The van der Waals surface area contributed by atoms with Crippen LogP contribution in [0.15, 0.2) is 34.7 Å². The predicted octanol–water partition coefficient (Wildman–Crippen LogP) is 5.21. The second kappa shape index (κ2) is 8.64. The van der Waals surface area contributed by atoms with Crippen LogP contribution in [-0.4, -0.2) is 32.2 Å². The predicted molar refractivity (Wildman–Crippen MR) is 124 cm³/mol. The molecular weight excluding hydrogens is 418 g/mol. The molecule has 1 atom stereocenters. The van der Waals surface area contributed by atoms with Gasteiger partial charge in [-0.05, 0) is 98.9 Å². The smallest absolute Gasteiger partial charge is 0.337 e. The van der Waals surface area contributed by atoms with Crippen molar-refractivity contribution in [1.82, 2.24) is 5.32 Å². The molecule has 0 aliphatic heterocycles. The SMILES string of the molecule is COC(=O)c1cc(C(=O)OC)cc(-c2ccc(CN[C@@H](C)C34CC5CC(CC(C5)C3)C4)o2)c1. The summed E-state index contributed by atoms with van der Waals surface area (Å²) in [6.45, 7) is 3.00. The average Bonchev–Trinajstić information content (AvgIpc) is 3.29. The largest absolute Gasteiger partial charge is 0.465 e. The topological polar surface area (TPSA) is 77.8 Å². The van der Waals surface area contributed by atoms with Gasteiger partial charge in [0.25, 0.3) is 0 Å². The van der Waals surface area contributed by atoms with Crippen LogP contribution in [-0.2, 0) is 16.0 Å². The van der Waals surface area contributed by atoms with Crippen molar-refractivity contribution in [3.63, 3.8) is 0 Å². The second-order valence-corrected chi connectivity index (χ2v) is 10.4. The third kappa shape index (κ3) is 4.21. The quantitative estimate of drug-likeness (QED) is 0.582. The highest BCUT2D eigenvalue weighted by Gasteiger charge is 2.52. The number of ether oxygens (including phenoxy) is 2. The van der Waals surface area contributed by atoms with E-state index in [0.29, 0.717) is 29.3 Å². The number of hydrogen-bond donors (Lipinski definition) is 1. The molecule has 0 unspecified atom stereocenters. The van der Waals surface area contributed by atoms with Crippen molar-refractivity contribution in [1.29, 1.82) is 0 Å². The summed E-state index contributed by atoms with van der Waals surface area (Å²) in [7, 11) is 2.63. The monoisotopic (exact) mass is 451 g/mol. The highest BCUT2D eigenvalue weighted by Crippen LogP contribution is 2.61. The Morgan fingerprint density at radius 2 is 1.52 bits per heavy atom. The molecule has 4 bridgehead atoms. The molecule has 176 valence electrons. The van der Waals surface area contributed by atoms with Crippen LogP contribution in [0, 0.1) is 23.2 Å². The van der Waals surface area contributed by atoms with Gasteiger partial charge in [-0.3, -0.25) is 0 Å². The van der Waals surface area contributed by atoms with E-state index < -0.39 is 11.9 Å². The Morgan fingerprint density at radius 3 is 2.03 bits per heavy atom. The van der Waals surface area contributed by atoms with Gasteiger partial charge >= 0.3 is 11.9 Å². The normalized spacial score (nSPS) is 28.5. The van der Waals surface area contributed by atoms with Gasteiger partial charge in [-0.15, -0.1) is 0 Å². The van der Waals surface area contributed by atoms with Crippen molar-refractivity contribution < 1.29 is 23.5 Å². The van der Waals surface area contributed by atoms with Crippen LogP contribution in [0.3, 0.4) is 0 Å². The zero-order chi connectivity index (χ0) is 23.2. The first kappa shape index (κ1) is 22.2. The van der Waals surface area contributed by atoms with Crippen LogP contribution in [0.2, 0.25) is 0 Å². The molecule has 33 heavy (non-hydrogen) atoms. The van der Waals surface area contributed by atoms with E-state index in [1.165, 1.54) is 58.8 Å². The molecule has 4 saturated carbocycles. The third-order valence-electron chi connectivity index (χ3n) is 8.31. The molecule has 0 saturated heterocycles. The van der Waals surface area contributed by atoms with Gasteiger partial charge in [0, 0.05) is 11.6 Å². The summed E-state index contributed by atoms with van der Waals surface area (Å²) in [5, 5.41) is 3.76. The minimum atomic E-state index is -0.514. The standard InChI is InChI=1S/C27H33NO5/c1-16(27-12-17-6-18(13-27)8-19(7-17)14-27)28-15-23-4-5-24(33-23)20-9-21(25(29)31-2)11-22(10-20)26(30)32-3/h4-5,9-11,16-19,28H,6-8,12-15H2,1-3H3/t16-,17?,18?,19?,27?/m0/s1. The van der Waals surface area contributed by atoms with Gasteiger partial charge in [0.2, 0.25) is 0 Å². The lowest BCUT2D eigenvalue weighted by atomic mass is 9.48. The molecule has 1 aromatic carbocycles. The van der Waals surface area contributed by atoms with Crippen molar-refractivity contribution in [2.45, 2.75) is 58.0 Å². The van der Waals surface area contributed by atoms with Gasteiger partial charge in [0.15, 0.2) is 0 Å². The fourth-order valence-corrected chi connectivity index (χ4v) is 7.05. The lowest BCUT2D eigenvalue weighted by Crippen LogP contribution is -2.54. The number of methoxy groups -OCH3 is 2. The van der Waals surface area contributed by atoms with Crippen molar-refractivity contribution >= 4 is 11.9 Å². The Hall–Kier alpha value is -2.60. The van der Waals surface area contributed by atoms with Gasteiger partial charge < -0.3 is 19.2 Å². The van der Waals surface area contributed by atoms with E-state index in [1.807, 2.05) is 12.1 Å². The number of benzene rings is 1. The summed E-state index contributed by atoms with van der Waals surface area (Å²) < 4.78 is 15.8. The Morgan fingerprint density at radius 1 is 0.970 bits per heavy atom. The van der Waals surface area contributed by atoms with Gasteiger partial charge in [0.05, 0.1) is 31.9 Å². The maximum absolute atomic E-state index is 12.1. The number of carbonyl (C=O) groups is 2. The minimum absolute atomic E-state index is 0.280. The second-order valence-electron chi connectivity index (χ2n) is 10.4. The van der Waals surface area contributed by atoms with E-state index in [-0.39, 0.29) is 11.1 Å². The summed E-state index contributed by atoms with van der Waals surface area (Å²) in [5.74, 6) is 3.21. The van der Waals surface area contributed by atoms with Gasteiger partial charge in [-0.25, -0.2) is 9.59 Å². The molecule has 0 amide bonds. The Balaban J connectivity index is 1.30. The number of carbonyl (C=O) groups excluding carboxylic acids is 2. The van der Waals surface area contributed by atoms with Gasteiger partial charge in [-0.1, -0.05) is 0 Å². The summed E-state index contributed by atoms with van der Waals surface area (Å²) in [5.41, 5.74) is 1.64. The van der Waals surface area contributed by atoms with Gasteiger partial charge in [-0.2, -0.15) is 0 Å². The fourth-order valence-electron chi connectivity index (χ4n) is 7.05. The number of esters is 2. The van der Waals surface area contributed by atoms with Gasteiger partial charge in [0.1, 0.15) is 11.5 Å². The summed E-state index contributed by atoms with van der Waals surface area (Å²) in [6, 6.07) is 9.10. The highest BCUT2D eigenvalue weighted by atomic mass is 16.5. The van der Waals surface area contributed by atoms with Crippen molar-refractivity contribution in [2.24, 2.45) is 23.2 Å². The first-order valence-electron chi connectivity index (χ1n) is 12.0. The molecule has 1 aromatic heterocycles. The first-order valence-corrected chi connectivity index (χ1v) is 12.0. The lowest BCUT2D eigenvalue weighted by Gasteiger charge is -2.59. The Labute approximate surface area is 195 Å². The summed E-state index contributed by atoms with van der Waals surface area (Å²) in [6.07, 6.45) is 8.46. The van der Waals surface area contributed by atoms with Crippen LogP contribution in [0.5, 0.6) is 0 Å². The molecule has 4 fully saturated rings. The molecule has 6 heteroatoms. The number of nitrogens with one attached hydrogen (secondary N) is 1. The molecular formula is C27H33NO5. The Bertz CT molecular complexity index is 985. The molecule has 6 rings (SSSR count). The lowest BCUT2D eigenvalue weighted by molar-refractivity contribution is -0.0708. The summed E-state index contributed by atoms with van der Waals surface area (Å²) >= 11 is 0. The minimum Gasteiger partial charge on any atom is -0.465 e. The van der Waals surface area contributed by atoms with Crippen LogP contribution >= 0.6 is 0 Å². The number of furan rings is 1. The van der Waals surface area contributed by atoms with Crippen LogP contribution in [0.25, 0.3) is 11.3 Å². The van der Waals surface area contributed by atoms with Crippen molar-refractivity contribution in [3.8, 4) is 11.3 Å². The van der Waals surface area contributed by atoms with E-state index in [4.69, 9.17) is 13.9 Å². The van der Waals surface area contributed by atoms with Crippen molar-refractivity contribution in [3.05, 3.63) is 47.2 Å². The zero-order valence-electron chi connectivity index (χ0n) is 19.7. The molecule has 6 nitrogen and oxygen atoms in total. The molecule has 1 heterocycles. The number of rotatable bonds is 7. The van der Waals surface area contributed by atoms with Crippen LogP contribution in [0.4, 0.5) is 0 Å². The number of hydrogen-bond acceptors (Lipinski definition) is 6.